The van der Waals surface area contributed by atoms with Gasteiger partial charge in [-0.25, -0.2) is 0 Å². The van der Waals surface area contributed by atoms with Crippen LogP contribution < -0.4 is 5.32 Å². The maximum absolute atomic E-state index is 12.8. The predicted octanol–water partition coefficient (Wildman–Crippen LogP) is 4.35. The summed E-state index contributed by atoms with van der Waals surface area (Å²) in [5, 5.41) is 3.31. The van der Waals surface area contributed by atoms with Crippen LogP contribution in [0.25, 0.3) is 0 Å². The van der Waals surface area contributed by atoms with Gasteiger partial charge in [-0.05, 0) is 56.2 Å². The van der Waals surface area contributed by atoms with Crippen molar-refractivity contribution in [3.8, 4) is 0 Å². The first-order valence-electron chi connectivity index (χ1n) is 8.94. The molecule has 0 bridgehead atoms. The van der Waals surface area contributed by atoms with E-state index < -0.39 is 0 Å². The molecule has 0 aromatic heterocycles. The molecule has 0 radical (unpaired) electrons. The number of carbonyl (C=O) groups is 2. The zero-order valence-electron chi connectivity index (χ0n) is 14.3. The molecule has 1 N–H and O–H groups in total. The van der Waals surface area contributed by atoms with E-state index in [2.05, 4.69) is 12.2 Å². The van der Waals surface area contributed by atoms with Crippen molar-refractivity contribution in [2.24, 2.45) is 5.41 Å². The fourth-order valence-corrected chi connectivity index (χ4v) is 4.07. The number of fused-ring (bicyclic) bond motifs is 1. The monoisotopic (exact) mass is 313 g/mol. The SMILES string of the molecule is CC(=O)c1ccc2c(c1)CCCC2NC(=O)C1(C)CCCCC1. The van der Waals surface area contributed by atoms with Gasteiger partial charge in [0, 0.05) is 11.0 Å². The molecule has 124 valence electrons. The highest BCUT2D eigenvalue weighted by molar-refractivity contribution is 5.94. The summed E-state index contributed by atoms with van der Waals surface area (Å²) >= 11 is 0. The van der Waals surface area contributed by atoms with Crippen LogP contribution in [0.1, 0.15) is 86.3 Å². The van der Waals surface area contributed by atoms with E-state index in [-0.39, 0.29) is 23.1 Å². The summed E-state index contributed by atoms with van der Waals surface area (Å²) in [6.45, 7) is 3.72. The van der Waals surface area contributed by atoms with Gasteiger partial charge < -0.3 is 5.32 Å². The van der Waals surface area contributed by atoms with E-state index in [4.69, 9.17) is 0 Å². The van der Waals surface area contributed by atoms with Crippen LogP contribution in [0, 0.1) is 5.41 Å². The molecule has 1 unspecified atom stereocenters. The molecule has 23 heavy (non-hydrogen) atoms. The Kier molecular flexibility index (Phi) is 4.56. The van der Waals surface area contributed by atoms with Gasteiger partial charge in [0.15, 0.2) is 5.78 Å². The standard InChI is InChI=1S/C20H27NO2/c1-14(22)15-9-10-17-16(13-15)7-6-8-18(17)21-19(23)20(2)11-4-3-5-12-20/h9-10,13,18H,3-8,11-12H2,1-2H3,(H,21,23). The van der Waals surface area contributed by atoms with Gasteiger partial charge >= 0.3 is 0 Å². The number of amides is 1. The lowest BCUT2D eigenvalue weighted by atomic mass is 9.74. The van der Waals surface area contributed by atoms with Crippen molar-refractivity contribution in [3.63, 3.8) is 0 Å². The van der Waals surface area contributed by atoms with Crippen molar-refractivity contribution in [2.45, 2.75) is 71.3 Å². The van der Waals surface area contributed by atoms with Crippen molar-refractivity contribution in [2.75, 3.05) is 0 Å². The third kappa shape index (κ3) is 3.34. The topological polar surface area (TPSA) is 46.2 Å². The van der Waals surface area contributed by atoms with Gasteiger partial charge in [0.05, 0.1) is 6.04 Å². The van der Waals surface area contributed by atoms with E-state index in [1.165, 1.54) is 17.5 Å². The van der Waals surface area contributed by atoms with Crippen LogP contribution in [0.2, 0.25) is 0 Å². The van der Waals surface area contributed by atoms with Crippen LogP contribution in [0.3, 0.4) is 0 Å². The lowest BCUT2D eigenvalue weighted by Crippen LogP contribution is -2.42. The van der Waals surface area contributed by atoms with Gasteiger partial charge in [-0.2, -0.15) is 0 Å². The quantitative estimate of drug-likeness (QED) is 0.843. The van der Waals surface area contributed by atoms with Gasteiger partial charge in [-0.15, -0.1) is 0 Å². The smallest absolute Gasteiger partial charge is 0.226 e. The number of Topliss-reactive ketones (excluding diaryl/α,β-unsaturated/α-hetero) is 1. The maximum atomic E-state index is 12.8. The number of hydrogen-bond donors (Lipinski definition) is 1. The number of rotatable bonds is 3. The van der Waals surface area contributed by atoms with Crippen molar-refractivity contribution in [1.82, 2.24) is 5.32 Å². The van der Waals surface area contributed by atoms with Crippen LogP contribution in [0.5, 0.6) is 0 Å². The third-order valence-electron chi connectivity index (χ3n) is 5.67. The Morgan fingerprint density at radius 3 is 2.57 bits per heavy atom. The molecule has 1 aromatic rings. The number of carbonyl (C=O) groups excluding carboxylic acids is 2. The molecule has 1 fully saturated rings. The molecule has 0 heterocycles. The second-order valence-corrected chi connectivity index (χ2v) is 7.51. The average Bonchev–Trinajstić information content (AvgIpc) is 2.55. The van der Waals surface area contributed by atoms with E-state index in [1.807, 2.05) is 18.2 Å². The first kappa shape index (κ1) is 16.2. The molecule has 3 heteroatoms. The molecule has 0 aliphatic heterocycles. The Balaban J connectivity index is 1.78. The van der Waals surface area contributed by atoms with Crippen molar-refractivity contribution >= 4 is 11.7 Å². The summed E-state index contributed by atoms with van der Waals surface area (Å²) in [6.07, 6.45) is 8.64. The predicted molar refractivity (Wildman–Crippen MR) is 91.5 cm³/mol. The van der Waals surface area contributed by atoms with Crippen LogP contribution in [0.4, 0.5) is 0 Å². The summed E-state index contributed by atoms with van der Waals surface area (Å²) in [4.78, 5) is 24.4. The molecule has 0 saturated heterocycles. The Morgan fingerprint density at radius 2 is 1.87 bits per heavy atom. The van der Waals surface area contributed by atoms with Gasteiger partial charge in [0.2, 0.25) is 5.91 Å². The van der Waals surface area contributed by atoms with Gasteiger partial charge in [0.25, 0.3) is 0 Å². The molecule has 2 aliphatic rings. The van der Waals surface area contributed by atoms with E-state index in [1.54, 1.807) is 6.92 Å². The minimum atomic E-state index is -0.199. The molecule has 2 aliphatic carbocycles. The third-order valence-corrected chi connectivity index (χ3v) is 5.67. The number of hydrogen-bond acceptors (Lipinski definition) is 2. The number of nitrogens with one attached hydrogen (secondary N) is 1. The Labute approximate surface area is 138 Å². The zero-order chi connectivity index (χ0) is 16.4. The van der Waals surface area contributed by atoms with Crippen LogP contribution in [-0.2, 0) is 11.2 Å². The van der Waals surface area contributed by atoms with E-state index in [0.717, 1.165) is 50.5 Å². The normalized spacial score (nSPS) is 23.0. The minimum absolute atomic E-state index is 0.103. The van der Waals surface area contributed by atoms with Crippen LogP contribution in [0.15, 0.2) is 18.2 Å². The number of aryl methyl sites for hydroxylation is 1. The summed E-state index contributed by atoms with van der Waals surface area (Å²) in [5.41, 5.74) is 3.00. The van der Waals surface area contributed by atoms with Crippen molar-refractivity contribution in [1.29, 1.82) is 0 Å². The lowest BCUT2D eigenvalue weighted by Gasteiger charge is -2.35. The maximum Gasteiger partial charge on any atom is 0.226 e. The summed E-state index contributed by atoms with van der Waals surface area (Å²) in [5.74, 6) is 0.319. The summed E-state index contributed by atoms with van der Waals surface area (Å²) < 4.78 is 0. The molecule has 1 atom stereocenters. The van der Waals surface area contributed by atoms with Gasteiger partial charge in [0.1, 0.15) is 0 Å². The highest BCUT2D eigenvalue weighted by Gasteiger charge is 2.36. The largest absolute Gasteiger partial charge is 0.349 e. The molecule has 3 nitrogen and oxygen atoms in total. The fraction of sp³-hybridized carbons (Fsp3) is 0.600. The Morgan fingerprint density at radius 1 is 1.13 bits per heavy atom. The summed E-state index contributed by atoms with van der Waals surface area (Å²) in [6, 6.07) is 6.05. The first-order valence-corrected chi connectivity index (χ1v) is 8.94. The molecule has 1 amide bonds. The second-order valence-electron chi connectivity index (χ2n) is 7.51. The molecular weight excluding hydrogens is 286 g/mol. The molecule has 3 rings (SSSR count). The summed E-state index contributed by atoms with van der Waals surface area (Å²) in [7, 11) is 0. The highest BCUT2D eigenvalue weighted by atomic mass is 16.2. The average molecular weight is 313 g/mol. The first-order chi connectivity index (χ1) is 11.0. The second kappa shape index (κ2) is 6.46. The lowest BCUT2D eigenvalue weighted by molar-refractivity contribution is -0.132. The molecular formula is C20H27NO2. The fourth-order valence-electron chi connectivity index (χ4n) is 4.07. The van der Waals surface area contributed by atoms with Crippen molar-refractivity contribution in [3.05, 3.63) is 34.9 Å². The molecule has 1 saturated carbocycles. The number of ketones is 1. The Bertz CT molecular complexity index is 614. The molecule has 0 spiro atoms. The van der Waals surface area contributed by atoms with Gasteiger partial charge in [-0.3, -0.25) is 9.59 Å². The molecule has 1 aromatic carbocycles. The van der Waals surface area contributed by atoms with Crippen LogP contribution in [-0.4, -0.2) is 11.7 Å². The van der Waals surface area contributed by atoms with Crippen molar-refractivity contribution < 1.29 is 9.59 Å². The van der Waals surface area contributed by atoms with E-state index in [9.17, 15) is 9.59 Å². The zero-order valence-corrected chi connectivity index (χ0v) is 14.3. The minimum Gasteiger partial charge on any atom is -0.349 e. The highest BCUT2D eigenvalue weighted by Crippen LogP contribution is 2.38. The Hall–Kier alpha value is -1.64. The van der Waals surface area contributed by atoms with E-state index >= 15 is 0 Å². The van der Waals surface area contributed by atoms with E-state index in [0.29, 0.717) is 0 Å². The number of benzene rings is 1. The van der Waals surface area contributed by atoms with Gasteiger partial charge in [-0.1, -0.05) is 38.3 Å². The van der Waals surface area contributed by atoms with Crippen LogP contribution >= 0.6 is 0 Å².